The van der Waals surface area contributed by atoms with Crippen LogP contribution < -0.4 is 4.90 Å². The number of hydrogen-bond acceptors (Lipinski definition) is 4. The zero-order chi connectivity index (χ0) is 17.1. The number of allylic oxidation sites excluding steroid dienone is 4. The summed E-state index contributed by atoms with van der Waals surface area (Å²) in [6.07, 6.45) is 10.5. The Hall–Kier alpha value is -2.30. The lowest BCUT2D eigenvalue weighted by atomic mass is 10.3. The highest BCUT2D eigenvalue weighted by Gasteiger charge is 2.22. The molecule has 0 radical (unpaired) electrons. The van der Waals surface area contributed by atoms with Crippen molar-refractivity contribution in [3.63, 3.8) is 0 Å². The number of rotatable bonds is 4. The molecule has 2 aromatic carbocycles. The van der Waals surface area contributed by atoms with Gasteiger partial charge in [0.15, 0.2) is 0 Å². The monoisotopic (exact) mass is 362 g/mol. The molecule has 1 aliphatic rings. The molecule has 1 aromatic heterocycles. The molecule has 0 amide bonds. The van der Waals surface area contributed by atoms with Crippen LogP contribution in [0.3, 0.4) is 0 Å². The van der Waals surface area contributed by atoms with Gasteiger partial charge in [0.2, 0.25) is 0 Å². The van der Waals surface area contributed by atoms with Gasteiger partial charge >= 0.3 is 0 Å². The van der Waals surface area contributed by atoms with Crippen molar-refractivity contribution in [1.82, 2.24) is 4.98 Å². The first-order chi connectivity index (χ1) is 12.3. The molecular weight excluding hydrogens is 344 g/mol. The second-order valence-electron chi connectivity index (χ2n) is 5.58. The predicted octanol–water partition coefficient (Wildman–Crippen LogP) is 6.34. The molecule has 0 unspecified atom stereocenters. The van der Waals surface area contributed by atoms with Gasteiger partial charge in [0, 0.05) is 11.4 Å². The van der Waals surface area contributed by atoms with Crippen LogP contribution in [0.15, 0.2) is 82.8 Å². The van der Waals surface area contributed by atoms with Crippen molar-refractivity contribution in [1.29, 1.82) is 0 Å². The number of fused-ring (bicyclic) bond motifs is 2. The van der Waals surface area contributed by atoms with E-state index < -0.39 is 0 Å². The molecule has 0 saturated heterocycles. The Balaban J connectivity index is 1.46. The van der Waals surface area contributed by atoms with Crippen LogP contribution in [0, 0.1) is 0 Å². The number of anilines is 1. The van der Waals surface area contributed by atoms with Gasteiger partial charge in [-0.3, -0.25) is 0 Å². The first-order valence-corrected chi connectivity index (χ1v) is 9.93. The molecule has 0 atom stereocenters. The van der Waals surface area contributed by atoms with Crippen LogP contribution in [0.4, 0.5) is 5.69 Å². The molecule has 0 aliphatic carbocycles. The molecule has 0 saturated carbocycles. The molecule has 2 heterocycles. The second-order valence-corrected chi connectivity index (χ2v) is 7.71. The minimum absolute atomic E-state index is 0.977. The van der Waals surface area contributed by atoms with Gasteiger partial charge in [-0.05, 0) is 43.3 Å². The zero-order valence-electron chi connectivity index (χ0n) is 13.9. The van der Waals surface area contributed by atoms with Crippen molar-refractivity contribution in [2.75, 3.05) is 11.4 Å². The summed E-state index contributed by atoms with van der Waals surface area (Å²) in [7, 11) is 0. The Morgan fingerprint density at radius 2 is 1.84 bits per heavy atom. The number of aromatic nitrogens is 1. The fourth-order valence-corrected chi connectivity index (χ4v) is 4.82. The van der Waals surface area contributed by atoms with Crippen LogP contribution in [-0.2, 0) is 0 Å². The number of thiazole rings is 1. The molecule has 0 bridgehead atoms. The maximum atomic E-state index is 4.61. The van der Waals surface area contributed by atoms with Crippen molar-refractivity contribution >= 4 is 45.1 Å². The van der Waals surface area contributed by atoms with Gasteiger partial charge in [-0.2, -0.15) is 0 Å². The van der Waals surface area contributed by atoms with Crippen molar-refractivity contribution in [2.45, 2.75) is 11.8 Å². The highest BCUT2D eigenvalue weighted by atomic mass is 32.2. The third kappa shape index (κ3) is 3.41. The zero-order valence-corrected chi connectivity index (χ0v) is 15.6. The van der Waals surface area contributed by atoms with E-state index in [9.17, 15) is 0 Å². The topological polar surface area (TPSA) is 16.1 Å². The predicted molar refractivity (Wildman–Crippen MR) is 111 cm³/mol. The van der Waals surface area contributed by atoms with Crippen molar-refractivity contribution in [3.8, 4) is 0 Å². The van der Waals surface area contributed by atoms with Gasteiger partial charge in [-0.15, -0.1) is 11.3 Å². The summed E-state index contributed by atoms with van der Waals surface area (Å²) >= 11 is 3.54. The molecular formula is C21H18N2S2. The van der Waals surface area contributed by atoms with Crippen LogP contribution in [0.25, 0.3) is 16.3 Å². The second kappa shape index (κ2) is 7.30. The Morgan fingerprint density at radius 1 is 1.00 bits per heavy atom. The normalized spacial score (nSPS) is 15.9. The summed E-state index contributed by atoms with van der Waals surface area (Å²) in [6, 6.07) is 16.8. The summed E-state index contributed by atoms with van der Waals surface area (Å²) < 4.78 is 1.23. The maximum absolute atomic E-state index is 4.61. The molecule has 2 nitrogen and oxygen atoms in total. The van der Waals surface area contributed by atoms with Crippen LogP contribution >= 0.6 is 23.1 Å². The van der Waals surface area contributed by atoms with Crippen LogP contribution in [0.2, 0.25) is 0 Å². The van der Waals surface area contributed by atoms with Gasteiger partial charge in [0.1, 0.15) is 5.01 Å². The molecule has 4 rings (SSSR count). The quantitative estimate of drug-likeness (QED) is 0.504. The Kier molecular flexibility index (Phi) is 4.72. The first-order valence-electron chi connectivity index (χ1n) is 8.30. The summed E-state index contributed by atoms with van der Waals surface area (Å²) in [5.74, 6) is 0. The molecule has 25 heavy (non-hydrogen) atoms. The Labute approximate surface area is 156 Å². The van der Waals surface area contributed by atoms with Crippen LogP contribution in [0.5, 0.6) is 0 Å². The average molecular weight is 363 g/mol. The molecule has 0 N–H and O–H groups in total. The summed E-state index contributed by atoms with van der Waals surface area (Å²) in [5, 5.41) is 2.31. The van der Waals surface area contributed by atoms with Gasteiger partial charge < -0.3 is 4.90 Å². The van der Waals surface area contributed by atoms with Gasteiger partial charge in [0.05, 0.1) is 20.9 Å². The summed E-state index contributed by atoms with van der Waals surface area (Å²) in [5.41, 5.74) is 2.37. The van der Waals surface area contributed by atoms with Gasteiger partial charge in [-0.1, -0.05) is 54.3 Å². The molecule has 0 spiro atoms. The average Bonchev–Trinajstić information content (AvgIpc) is 3.21. The smallest absolute Gasteiger partial charge is 0.117 e. The Morgan fingerprint density at radius 3 is 2.72 bits per heavy atom. The van der Waals surface area contributed by atoms with Crippen molar-refractivity contribution in [2.24, 2.45) is 0 Å². The van der Waals surface area contributed by atoms with E-state index in [-0.39, 0.29) is 0 Å². The van der Waals surface area contributed by atoms with E-state index in [2.05, 4.69) is 89.7 Å². The minimum Gasteiger partial charge on any atom is -0.335 e. The lowest BCUT2D eigenvalue weighted by Gasteiger charge is -2.17. The third-order valence-electron chi connectivity index (χ3n) is 3.96. The van der Waals surface area contributed by atoms with E-state index in [1.807, 2.05) is 17.8 Å². The lowest BCUT2D eigenvalue weighted by Crippen LogP contribution is -2.16. The summed E-state index contributed by atoms with van der Waals surface area (Å²) in [6.45, 7) is 3.17. The number of para-hydroxylation sites is 2. The van der Waals surface area contributed by atoms with Crippen molar-refractivity contribution in [3.05, 3.63) is 82.9 Å². The minimum atomic E-state index is 0.977. The molecule has 0 fully saturated rings. The number of thioether (sulfide) groups is 1. The molecule has 3 aromatic rings. The summed E-state index contributed by atoms with van der Waals surface area (Å²) in [4.78, 5) is 8.29. The van der Waals surface area contributed by atoms with E-state index in [4.69, 9.17) is 0 Å². The number of benzene rings is 2. The number of nitrogens with zero attached hydrogens (tertiary/aromatic N) is 2. The highest BCUT2D eigenvalue weighted by Crippen LogP contribution is 2.45. The van der Waals surface area contributed by atoms with E-state index >= 15 is 0 Å². The fourth-order valence-electron chi connectivity index (χ4n) is 2.80. The molecule has 1 aliphatic heterocycles. The van der Waals surface area contributed by atoms with E-state index in [0.29, 0.717) is 0 Å². The lowest BCUT2D eigenvalue weighted by molar-refractivity contribution is 1.00. The van der Waals surface area contributed by atoms with E-state index in [0.717, 1.165) is 17.1 Å². The maximum Gasteiger partial charge on any atom is 0.117 e. The van der Waals surface area contributed by atoms with E-state index in [1.165, 1.54) is 20.3 Å². The van der Waals surface area contributed by atoms with Gasteiger partial charge in [-0.25, -0.2) is 4.98 Å². The largest absolute Gasteiger partial charge is 0.335 e. The SMILES string of the molecule is CCN1\C(=C/C=C/C=C/c2nc3ccccc3s2)Sc2ccccc21. The number of hydrogen-bond donors (Lipinski definition) is 0. The van der Waals surface area contributed by atoms with E-state index in [1.54, 1.807) is 11.3 Å². The standard InChI is InChI=1S/C21H18N2S2/c1-2-23-17-11-7-9-13-19(17)25-21(23)15-5-3-4-14-20-22-16-10-6-8-12-18(16)24-20/h3-15H,2H2,1H3/b5-3+,14-4+,21-15+. The molecule has 4 heteroatoms. The first kappa shape index (κ1) is 16.2. The fraction of sp³-hybridized carbons (Fsp3) is 0.0952. The van der Waals surface area contributed by atoms with Gasteiger partial charge in [0.25, 0.3) is 0 Å². The van der Waals surface area contributed by atoms with Crippen LogP contribution in [-0.4, -0.2) is 11.5 Å². The van der Waals surface area contributed by atoms with Crippen molar-refractivity contribution < 1.29 is 0 Å². The highest BCUT2D eigenvalue weighted by molar-refractivity contribution is 8.03. The Bertz CT molecular complexity index is 949. The van der Waals surface area contributed by atoms with Crippen LogP contribution in [0.1, 0.15) is 11.9 Å². The third-order valence-corrected chi connectivity index (χ3v) is 6.10. The molecule has 124 valence electrons.